The summed E-state index contributed by atoms with van der Waals surface area (Å²) in [6.45, 7) is 6.45. The molecule has 0 atom stereocenters. The molecular formula is C14H13ClN2S2. The average molecular weight is 309 g/mol. The van der Waals surface area contributed by atoms with Crippen molar-refractivity contribution in [2.75, 3.05) is 0 Å². The molecule has 3 aromatic rings. The van der Waals surface area contributed by atoms with Crippen LogP contribution in [-0.2, 0) is 5.41 Å². The van der Waals surface area contributed by atoms with Crippen molar-refractivity contribution in [1.29, 1.82) is 0 Å². The van der Waals surface area contributed by atoms with Crippen LogP contribution in [0.2, 0.25) is 5.02 Å². The summed E-state index contributed by atoms with van der Waals surface area (Å²) >= 11 is 9.86. The number of hydrogen-bond acceptors (Lipinski definition) is 4. The fourth-order valence-electron chi connectivity index (χ4n) is 1.92. The van der Waals surface area contributed by atoms with Crippen LogP contribution in [0.25, 0.3) is 20.1 Å². The molecule has 0 aliphatic rings. The molecule has 19 heavy (non-hydrogen) atoms. The molecule has 0 bridgehead atoms. The van der Waals surface area contributed by atoms with Gasteiger partial charge in [0.25, 0.3) is 0 Å². The first-order valence-corrected chi connectivity index (χ1v) is 8.02. The molecular weight excluding hydrogens is 296 g/mol. The molecule has 0 radical (unpaired) electrons. The number of rotatable bonds is 1. The lowest BCUT2D eigenvalue weighted by Gasteiger charge is -2.19. The van der Waals surface area contributed by atoms with E-state index in [-0.39, 0.29) is 5.41 Å². The van der Waals surface area contributed by atoms with Gasteiger partial charge in [0.2, 0.25) is 0 Å². The second-order valence-corrected chi connectivity index (χ2v) is 7.72. The van der Waals surface area contributed by atoms with E-state index in [0.29, 0.717) is 0 Å². The number of thiazole rings is 1. The Bertz CT molecular complexity index is 724. The largest absolute Gasteiger partial charge is 0.255 e. The molecule has 5 heteroatoms. The number of nitrogens with zero attached hydrogens (tertiary/aromatic N) is 2. The lowest BCUT2D eigenvalue weighted by Crippen LogP contribution is -2.12. The van der Waals surface area contributed by atoms with E-state index in [1.807, 2.05) is 17.8 Å². The number of pyridine rings is 1. The van der Waals surface area contributed by atoms with Gasteiger partial charge in [-0.15, -0.1) is 22.7 Å². The first-order chi connectivity index (χ1) is 8.97. The minimum atomic E-state index is 0.00358. The third kappa shape index (κ3) is 2.29. The lowest BCUT2D eigenvalue weighted by atomic mass is 9.88. The Balaban J connectivity index is 2.22. The van der Waals surface area contributed by atoms with Crippen molar-refractivity contribution >= 4 is 44.5 Å². The van der Waals surface area contributed by atoms with Crippen LogP contribution in [0, 0.1) is 0 Å². The zero-order valence-corrected chi connectivity index (χ0v) is 13.3. The Morgan fingerprint density at radius 3 is 2.63 bits per heavy atom. The van der Waals surface area contributed by atoms with Gasteiger partial charge in [0.15, 0.2) is 0 Å². The van der Waals surface area contributed by atoms with Gasteiger partial charge < -0.3 is 0 Å². The van der Waals surface area contributed by atoms with Crippen molar-refractivity contribution < 1.29 is 0 Å². The summed E-state index contributed by atoms with van der Waals surface area (Å²) in [5, 5.41) is 3.83. The van der Waals surface area contributed by atoms with E-state index < -0.39 is 0 Å². The van der Waals surface area contributed by atoms with Crippen LogP contribution in [0.3, 0.4) is 0 Å². The van der Waals surface area contributed by atoms with Gasteiger partial charge in [-0.25, -0.2) is 4.98 Å². The van der Waals surface area contributed by atoms with Gasteiger partial charge in [0.05, 0.1) is 20.1 Å². The lowest BCUT2D eigenvalue weighted by molar-refractivity contribution is 0.589. The second-order valence-electron chi connectivity index (χ2n) is 5.40. The summed E-state index contributed by atoms with van der Waals surface area (Å²) in [5.74, 6) is 0. The van der Waals surface area contributed by atoms with Crippen LogP contribution in [0.15, 0.2) is 23.8 Å². The van der Waals surface area contributed by atoms with Gasteiger partial charge in [-0.1, -0.05) is 32.4 Å². The summed E-state index contributed by atoms with van der Waals surface area (Å²) in [6, 6.07) is 2.07. The van der Waals surface area contributed by atoms with E-state index in [4.69, 9.17) is 11.6 Å². The van der Waals surface area contributed by atoms with Crippen LogP contribution >= 0.6 is 34.3 Å². The SMILES string of the molecule is CC(C)(C)c1cnc2cc(-c3nccs3)sc2c1Cl. The molecule has 0 N–H and O–H groups in total. The van der Waals surface area contributed by atoms with Crippen molar-refractivity contribution in [3.05, 3.63) is 34.4 Å². The third-order valence-electron chi connectivity index (χ3n) is 2.93. The van der Waals surface area contributed by atoms with E-state index in [9.17, 15) is 0 Å². The maximum atomic E-state index is 6.55. The summed E-state index contributed by atoms with van der Waals surface area (Å²) < 4.78 is 1.05. The maximum Gasteiger partial charge on any atom is 0.133 e. The van der Waals surface area contributed by atoms with Gasteiger partial charge in [-0.3, -0.25) is 4.98 Å². The summed E-state index contributed by atoms with van der Waals surface area (Å²) in [7, 11) is 0. The molecule has 2 nitrogen and oxygen atoms in total. The Morgan fingerprint density at radius 2 is 2.00 bits per heavy atom. The number of aromatic nitrogens is 2. The summed E-state index contributed by atoms with van der Waals surface area (Å²) in [4.78, 5) is 10.0. The molecule has 0 saturated carbocycles. The first kappa shape index (κ1) is 13.0. The maximum absolute atomic E-state index is 6.55. The minimum Gasteiger partial charge on any atom is -0.255 e. The number of fused-ring (bicyclic) bond motifs is 1. The predicted molar refractivity (Wildman–Crippen MR) is 84.4 cm³/mol. The fraction of sp³-hybridized carbons (Fsp3) is 0.286. The van der Waals surface area contributed by atoms with Gasteiger partial charge in [-0.2, -0.15) is 0 Å². The van der Waals surface area contributed by atoms with Gasteiger partial charge in [-0.05, 0) is 17.0 Å². The monoisotopic (exact) mass is 308 g/mol. The molecule has 3 heterocycles. The molecule has 3 aromatic heterocycles. The van der Waals surface area contributed by atoms with E-state index in [1.54, 1.807) is 22.7 Å². The molecule has 3 rings (SSSR count). The molecule has 0 amide bonds. The normalized spacial score (nSPS) is 12.2. The van der Waals surface area contributed by atoms with E-state index in [2.05, 4.69) is 36.8 Å². The topological polar surface area (TPSA) is 25.8 Å². The first-order valence-electron chi connectivity index (χ1n) is 5.95. The highest BCUT2D eigenvalue weighted by Crippen LogP contribution is 2.40. The standard InChI is InChI=1S/C14H13ClN2S2/c1-14(2,3)8-7-17-9-6-10(13-16-4-5-18-13)19-12(9)11(8)15/h4-7H,1-3H3. The average Bonchev–Trinajstić information content (AvgIpc) is 2.96. The van der Waals surface area contributed by atoms with Crippen LogP contribution in [-0.4, -0.2) is 9.97 Å². The molecule has 0 aliphatic heterocycles. The van der Waals surface area contributed by atoms with E-state index in [1.165, 1.54) is 0 Å². The summed E-state index contributed by atoms with van der Waals surface area (Å²) in [5.41, 5.74) is 2.05. The second kappa shape index (κ2) is 4.54. The van der Waals surface area contributed by atoms with Crippen LogP contribution in [0.1, 0.15) is 26.3 Å². The molecule has 0 fully saturated rings. The quantitative estimate of drug-likeness (QED) is 0.604. The number of thiophene rings is 1. The van der Waals surface area contributed by atoms with Crippen LogP contribution in [0.5, 0.6) is 0 Å². The van der Waals surface area contributed by atoms with Crippen LogP contribution < -0.4 is 0 Å². The van der Waals surface area contributed by atoms with Crippen LogP contribution in [0.4, 0.5) is 0 Å². The van der Waals surface area contributed by atoms with Crippen molar-refractivity contribution in [3.8, 4) is 9.88 Å². The Hall–Kier alpha value is -0.970. The zero-order chi connectivity index (χ0) is 13.6. The van der Waals surface area contributed by atoms with E-state index >= 15 is 0 Å². The molecule has 0 saturated heterocycles. The zero-order valence-electron chi connectivity index (χ0n) is 10.9. The van der Waals surface area contributed by atoms with Crippen molar-refractivity contribution in [2.45, 2.75) is 26.2 Å². The Labute approximate surface area is 125 Å². The summed E-state index contributed by atoms with van der Waals surface area (Å²) in [6.07, 6.45) is 3.71. The van der Waals surface area contributed by atoms with Gasteiger partial charge >= 0.3 is 0 Å². The van der Waals surface area contributed by atoms with Crippen molar-refractivity contribution in [2.24, 2.45) is 0 Å². The Morgan fingerprint density at radius 1 is 1.21 bits per heavy atom. The predicted octanol–water partition coefficient (Wildman–Crippen LogP) is 5.37. The molecule has 0 unspecified atom stereocenters. The molecule has 0 aromatic carbocycles. The van der Waals surface area contributed by atoms with Crippen molar-refractivity contribution in [3.63, 3.8) is 0 Å². The highest BCUT2D eigenvalue weighted by atomic mass is 35.5. The Kier molecular flexibility index (Phi) is 3.12. The molecule has 0 aliphatic carbocycles. The molecule has 0 spiro atoms. The minimum absolute atomic E-state index is 0.00358. The smallest absolute Gasteiger partial charge is 0.133 e. The van der Waals surface area contributed by atoms with Gasteiger partial charge in [0.1, 0.15) is 5.01 Å². The highest BCUT2D eigenvalue weighted by molar-refractivity contribution is 7.25. The number of hydrogen-bond donors (Lipinski definition) is 0. The van der Waals surface area contributed by atoms with Gasteiger partial charge in [0, 0.05) is 17.8 Å². The fourth-order valence-corrected chi connectivity index (χ4v) is 4.23. The van der Waals surface area contributed by atoms with Crippen molar-refractivity contribution in [1.82, 2.24) is 9.97 Å². The molecule has 98 valence electrons. The van der Waals surface area contributed by atoms with E-state index in [0.717, 1.165) is 30.7 Å². The third-order valence-corrected chi connectivity index (χ3v) is 5.52. The number of halogens is 1. The highest BCUT2D eigenvalue weighted by Gasteiger charge is 2.21.